The Bertz CT molecular complexity index is 1340. The number of hydrogen-bond acceptors (Lipinski definition) is 4. The van der Waals surface area contributed by atoms with Gasteiger partial charge in [-0.2, -0.15) is 0 Å². The summed E-state index contributed by atoms with van der Waals surface area (Å²) in [6, 6.07) is 18.4. The summed E-state index contributed by atoms with van der Waals surface area (Å²) in [4.78, 5) is 14.8. The van der Waals surface area contributed by atoms with E-state index in [1.54, 1.807) is 18.2 Å². The van der Waals surface area contributed by atoms with Gasteiger partial charge in [0.2, 0.25) is 0 Å². The smallest absolute Gasteiger partial charge is 0.335 e. The third-order valence-electron chi connectivity index (χ3n) is 7.13. The molecule has 1 fully saturated rings. The number of allylic oxidation sites excluding steroid dienone is 1. The van der Waals surface area contributed by atoms with Crippen LogP contribution in [0.1, 0.15) is 57.1 Å². The highest BCUT2D eigenvalue weighted by molar-refractivity contribution is 7.99. The van der Waals surface area contributed by atoms with Crippen LogP contribution in [0.5, 0.6) is 5.75 Å². The summed E-state index contributed by atoms with van der Waals surface area (Å²) in [5.41, 5.74) is 4.60. The number of ether oxygens (including phenoxy) is 1. The normalized spacial score (nSPS) is 19.5. The molecule has 5 rings (SSSR count). The Labute approximate surface area is 226 Å². The molecule has 3 aromatic carbocycles. The first-order chi connectivity index (χ1) is 18.4. The molecule has 3 aromatic rings. The number of nitrogens with zero attached hydrogens (tertiary/aromatic N) is 1. The van der Waals surface area contributed by atoms with Gasteiger partial charge in [-0.1, -0.05) is 36.4 Å². The molecule has 1 N–H and O–H groups in total. The van der Waals surface area contributed by atoms with Crippen LogP contribution in [-0.4, -0.2) is 48.4 Å². The van der Waals surface area contributed by atoms with Crippen LogP contribution in [0.3, 0.4) is 0 Å². The Morgan fingerprint density at radius 3 is 2.68 bits per heavy atom. The minimum Gasteiger partial charge on any atom is -0.489 e. The number of aromatic carboxylic acids is 1. The number of hydrogen-bond donors (Lipinski definition) is 1. The average molecular weight is 536 g/mol. The second-order valence-electron chi connectivity index (χ2n) is 9.90. The van der Waals surface area contributed by atoms with E-state index >= 15 is 0 Å². The van der Waals surface area contributed by atoms with Gasteiger partial charge in [0.1, 0.15) is 17.7 Å². The molecule has 0 amide bonds. The molecule has 0 spiro atoms. The number of carbonyl (C=O) groups is 1. The van der Waals surface area contributed by atoms with Crippen molar-refractivity contribution in [1.82, 2.24) is 4.90 Å². The quantitative estimate of drug-likeness (QED) is 0.328. The molecule has 198 valence electrons. The SMILES string of the molecule is Cc1ccc(C2CC=C(c3ccc(O[C@H]4CCN(CCCF)C4)cc3)c3ccc(C(=O)O)cc3S2)c(F)c1. The van der Waals surface area contributed by atoms with Gasteiger partial charge < -0.3 is 9.84 Å². The predicted molar refractivity (Wildman–Crippen MR) is 147 cm³/mol. The van der Waals surface area contributed by atoms with E-state index in [4.69, 9.17) is 4.74 Å². The van der Waals surface area contributed by atoms with Crippen molar-refractivity contribution in [3.8, 4) is 5.75 Å². The summed E-state index contributed by atoms with van der Waals surface area (Å²) >= 11 is 1.50. The van der Waals surface area contributed by atoms with Crippen LogP contribution in [0.4, 0.5) is 8.78 Å². The van der Waals surface area contributed by atoms with Crippen molar-refractivity contribution in [2.75, 3.05) is 26.3 Å². The van der Waals surface area contributed by atoms with Gasteiger partial charge in [0.15, 0.2) is 0 Å². The molecule has 1 saturated heterocycles. The molecule has 38 heavy (non-hydrogen) atoms. The van der Waals surface area contributed by atoms with Gasteiger partial charge in [-0.05, 0) is 78.8 Å². The fourth-order valence-corrected chi connectivity index (χ4v) is 6.47. The first kappa shape index (κ1) is 26.4. The van der Waals surface area contributed by atoms with Crippen LogP contribution in [0.25, 0.3) is 5.57 Å². The molecule has 2 heterocycles. The first-order valence-corrected chi connectivity index (χ1v) is 13.8. The number of thioether (sulfide) groups is 1. The van der Waals surface area contributed by atoms with Crippen molar-refractivity contribution >= 4 is 23.3 Å². The van der Waals surface area contributed by atoms with Crippen molar-refractivity contribution in [1.29, 1.82) is 0 Å². The van der Waals surface area contributed by atoms with E-state index < -0.39 is 5.97 Å². The van der Waals surface area contributed by atoms with Crippen molar-refractivity contribution in [2.24, 2.45) is 0 Å². The Balaban J connectivity index is 1.40. The van der Waals surface area contributed by atoms with E-state index in [9.17, 15) is 18.7 Å². The fourth-order valence-electron chi connectivity index (χ4n) is 5.15. The lowest BCUT2D eigenvalue weighted by molar-refractivity contribution is 0.0696. The van der Waals surface area contributed by atoms with Crippen LogP contribution in [0, 0.1) is 12.7 Å². The van der Waals surface area contributed by atoms with Gasteiger partial charge in [-0.3, -0.25) is 9.29 Å². The summed E-state index contributed by atoms with van der Waals surface area (Å²) in [5, 5.41) is 9.41. The maximum Gasteiger partial charge on any atom is 0.335 e. The Hall–Kier alpha value is -3.16. The van der Waals surface area contributed by atoms with Crippen LogP contribution in [-0.2, 0) is 0 Å². The lowest BCUT2D eigenvalue weighted by atomic mass is 9.95. The Kier molecular flexibility index (Phi) is 8.15. The maximum absolute atomic E-state index is 14.9. The molecule has 0 aliphatic carbocycles. The minimum atomic E-state index is -0.988. The Morgan fingerprint density at radius 1 is 1.13 bits per heavy atom. The summed E-state index contributed by atoms with van der Waals surface area (Å²) in [5.74, 6) is -0.444. The van der Waals surface area contributed by atoms with Crippen molar-refractivity contribution in [2.45, 2.75) is 42.4 Å². The lowest BCUT2D eigenvalue weighted by Crippen LogP contribution is -2.26. The average Bonchev–Trinajstić information content (AvgIpc) is 3.26. The largest absolute Gasteiger partial charge is 0.489 e. The number of benzene rings is 3. The van der Waals surface area contributed by atoms with Gasteiger partial charge in [-0.25, -0.2) is 9.18 Å². The summed E-state index contributed by atoms with van der Waals surface area (Å²) in [6.45, 7) is 4.06. The highest BCUT2D eigenvalue weighted by Gasteiger charge is 2.25. The molecule has 2 aliphatic rings. The molecule has 2 atom stereocenters. The molecule has 0 bridgehead atoms. The van der Waals surface area contributed by atoms with E-state index in [0.29, 0.717) is 18.4 Å². The molecular weight excluding hydrogens is 504 g/mol. The third-order valence-corrected chi connectivity index (χ3v) is 8.45. The predicted octanol–water partition coefficient (Wildman–Crippen LogP) is 7.31. The summed E-state index contributed by atoms with van der Waals surface area (Å²) < 4.78 is 33.6. The highest BCUT2D eigenvalue weighted by Crippen LogP contribution is 2.47. The molecule has 2 aliphatic heterocycles. The molecule has 4 nitrogen and oxygen atoms in total. The molecule has 0 aromatic heterocycles. The number of alkyl halides is 1. The number of rotatable bonds is 8. The number of carboxylic acid groups (broad SMARTS) is 1. The van der Waals surface area contributed by atoms with Gasteiger partial charge in [0.05, 0.1) is 12.2 Å². The van der Waals surface area contributed by atoms with Crippen LogP contribution in [0.2, 0.25) is 0 Å². The summed E-state index contributed by atoms with van der Waals surface area (Å²) in [7, 11) is 0. The minimum absolute atomic E-state index is 0.0919. The first-order valence-electron chi connectivity index (χ1n) is 13.0. The number of aryl methyl sites for hydroxylation is 1. The zero-order chi connectivity index (χ0) is 26.6. The second kappa shape index (κ2) is 11.7. The number of fused-ring (bicyclic) bond motifs is 1. The second-order valence-corrected chi connectivity index (χ2v) is 11.1. The van der Waals surface area contributed by atoms with E-state index in [2.05, 4.69) is 11.0 Å². The Morgan fingerprint density at radius 2 is 1.95 bits per heavy atom. The molecular formula is C31H31F2NO3S. The fraction of sp³-hybridized carbons (Fsp3) is 0.323. The monoisotopic (exact) mass is 535 g/mol. The van der Waals surface area contributed by atoms with E-state index in [1.807, 2.05) is 49.4 Å². The standard InChI is InChI=1S/C31H31F2NO3S/c1-20-3-9-27(28(33)17-20)29-12-11-25(26-10-6-22(31(35)36)18-30(26)38-29)21-4-7-23(8-5-21)37-24-13-16-34(19-24)15-2-14-32/h3-11,17-18,24,29H,2,12-16,19H2,1H3,(H,35,36)/t24-,29?/m0/s1. The van der Waals surface area contributed by atoms with Crippen LogP contribution < -0.4 is 4.74 Å². The number of halogens is 2. The zero-order valence-electron chi connectivity index (χ0n) is 21.3. The van der Waals surface area contributed by atoms with Gasteiger partial charge in [0, 0.05) is 35.3 Å². The molecule has 7 heteroatoms. The van der Waals surface area contributed by atoms with Crippen molar-refractivity contribution in [3.05, 3.63) is 100 Å². The molecule has 0 radical (unpaired) electrons. The highest BCUT2D eigenvalue weighted by atomic mass is 32.2. The number of likely N-dealkylation sites (tertiary alicyclic amines) is 1. The van der Waals surface area contributed by atoms with Crippen molar-refractivity contribution in [3.63, 3.8) is 0 Å². The maximum atomic E-state index is 14.9. The van der Waals surface area contributed by atoms with Crippen LogP contribution in [0.15, 0.2) is 71.6 Å². The van der Waals surface area contributed by atoms with Gasteiger partial charge in [-0.15, -0.1) is 11.8 Å². The van der Waals surface area contributed by atoms with E-state index in [-0.39, 0.29) is 29.4 Å². The van der Waals surface area contributed by atoms with Gasteiger partial charge in [0.25, 0.3) is 0 Å². The van der Waals surface area contributed by atoms with Crippen molar-refractivity contribution < 1.29 is 23.4 Å². The third kappa shape index (κ3) is 5.94. The lowest BCUT2D eigenvalue weighted by Gasteiger charge is -2.17. The zero-order valence-corrected chi connectivity index (χ0v) is 22.1. The topological polar surface area (TPSA) is 49.8 Å². The molecule has 1 unspecified atom stereocenters. The number of carboxylic acids is 1. The molecule has 0 saturated carbocycles. The van der Waals surface area contributed by atoms with E-state index in [0.717, 1.165) is 59.0 Å². The van der Waals surface area contributed by atoms with Gasteiger partial charge >= 0.3 is 5.97 Å². The van der Waals surface area contributed by atoms with Crippen LogP contribution >= 0.6 is 11.8 Å². The summed E-state index contributed by atoms with van der Waals surface area (Å²) in [6.07, 6.45) is 4.30. The van der Waals surface area contributed by atoms with E-state index in [1.165, 1.54) is 11.8 Å².